The van der Waals surface area contributed by atoms with Gasteiger partial charge in [0.05, 0.1) is 5.56 Å². The number of nitrogens with zero attached hydrogens (tertiary/aromatic N) is 1. The fourth-order valence-corrected chi connectivity index (χ4v) is 4.03. The van der Waals surface area contributed by atoms with Gasteiger partial charge in [0.2, 0.25) is 0 Å². The summed E-state index contributed by atoms with van der Waals surface area (Å²) >= 11 is 0. The van der Waals surface area contributed by atoms with Crippen molar-refractivity contribution in [1.29, 1.82) is 0 Å². The number of carbonyl (C=O) groups excluding carboxylic acids is 2. The summed E-state index contributed by atoms with van der Waals surface area (Å²) in [5, 5.41) is 5.98. The summed E-state index contributed by atoms with van der Waals surface area (Å²) in [6, 6.07) is 14.1. The zero-order valence-corrected chi connectivity index (χ0v) is 21.6. The van der Waals surface area contributed by atoms with E-state index in [1.807, 2.05) is 81.7 Å². The zero-order valence-electron chi connectivity index (χ0n) is 20.8. The van der Waals surface area contributed by atoms with Crippen LogP contribution in [0, 0.1) is 0 Å². The molecule has 1 heterocycles. The Morgan fingerprint density at radius 2 is 1.66 bits per heavy atom. The maximum absolute atomic E-state index is 12.6. The van der Waals surface area contributed by atoms with Crippen molar-refractivity contribution in [1.82, 2.24) is 15.2 Å². The molecule has 188 valence electrons. The van der Waals surface area contributed by atoms with Gasteiger partial charge in [0.1, 0.15) is 11.5 Å². The Labute approximate surface area is 207 Å². The topological polar surface area (TPSA) is 107 Å². The van der Waals surface area contributed by atoms with Crippen molar-refractivity contribution in [2.45, 2.75) is 52.7 Å². The maximum Gasteiger partial charge on any atom is 0.407 e. The first-order valence-corrected chi connectivity index (χ1v) is 12.9. The van der Waals surface area contributed by atoms with Gasteiger partial charge in [-0.2, -0.15) is 0 Å². The highest BCUT2D eigenvalue weighted by molar-refractivity contribution is 7.72. The molecule has 0 atom stereocenters. The molecule has 0 aliphatic rings. The number of fused-ring (bicyclic) bond motifs is 1. The molecule has 0 saturated carbocycles. The molecule has 3 aromatic rings. The van der Waals surface area contributed by atoms with E-state index < -0.39 is 28.3 Å². The third kappa shape index (κ3) is 7.08. The Balaban J connectivity index is 1.76. The van der Waals surface area contributed by atoms with Crippen molar-refractivity contribution < 1.29 is 22.7 Å². The van der Waals surface area contributed by atoms with E-state index in [1.54, 1.807) is 6.20 Å². The van der Waals surface area contributed by atoms with Crippen LogP contribution in [0.1, 0.15) is 56.6 Å². The summed E-state index contributed by atoms with van der Waals surface area (Å²) in [5.41, 5.74) is 3.95. The summed E-state index contributed by atoms with van der Waals surface area (Å²) in [6.45, 7) is 10.0. The van der Waals surface area contributed by atoms with E-state index in [0.29, 0.717) is 18.5 Å². The van der Waals surface area contributed by atoms with E-state index in [1.165, 1.54) is 0 Å². The summed E-state index contributed by atoms with van der Waals surface area (Å²) in [6.07, 6.45) is 2.03. The van der Waals surface area contributed by atoms with Gasteiger partial charge in [0, 0.05) is 29.7 Å². The molecule has 1 aromatic heterocycles. The lowest BCUT2D eigenvalue weighted by Gasteiger charge is -2.19. The number of aromatic nitrogens is 1. The average Bonchev–Trinajstić information content (AvgIpc) is 3.16. The lowest BCUT2D eigenvalue weighted by molar-refractivity contribution is 0.0528. The van der Waals surface area contributed by atoms with Crippen LogP contribution >= 0.6 is 0 Å². The molecule has 0 bridgehead atoms. The largest absolute Gasteiger partial charge is 0.444 e. The van der Waals surface area contributed by atoms with Crippen LogP contribution in [-0.4, -0.2) is 43.0 Å². The molecule has 3 rings (SSSR count). The van der Waals surface area contributed by atoms with E-state index in [2.05, 4.69) is 10.6 Å². The standard InChI is InChI=1S/C26H33N3O5S/c1-17(2)29-15-22(24(30)28-16-35(32)33)21-11-10-20(14-23(21)29)19-8-6-18(7-9-19)12-13-27-25(31)34-26(3,4)5/h6-11,14-15,17,35H,12-13,16H2,1-5H3,(H,27,31)(H,28,30). The van der Waals surface area contributed by atoms with Gasteiger partial charge in [-0.1, -0.05) is 36.4 Å². The normalized spacial score (nSPS) is 11.7. The second kappa shape index (κ2) is 10.9. The predicted octanol–water partition coefficient (Wildman–Crippen LogP) is 4.26. The van der Waals surface area contributed by atoms with E-state index in [4.69, 9.17) is 4.74 Å². The maximum atomic E-state index is 12.6. The second-order valence-electron chi connectivity index (χ2n) is 9.65. The molecule has 2 amide bonds. The quantitative estimate of drug-likeness (QED) is 0.402. The van der Waals surface area contributed by atoms with Crippen LogP contribution in [0.25, 0.3) is 22.0 Å². The minimum atomic E-state index is -2.69. The van der Waals surface area contributed by atoms with E-state index in [0.717, 1.165) is 27.6 Å². The highest BCUT2D eigenvalue weighted by Gasteiger charge is 2.18. The number of alkyl carbamates (subject to hydrolysis) is 1. The molecule has 0 spiro atoms. The molecule has 0 radical (unpaired) electrons. The van der Waals surface area contributed by atoms with Crippen LogP contribution in [0.2, 0.25) is 0 Å². The van der Waals surface area contributed by atoms with E-state index in [-0.39, 0.29) is 11.9 Å². The van der Waals surface area contributed by atoms with Gasteiger partial charge < -0.3 is 19.9 Å². The highest BCUT2D eigenvalue weighted by Crippen LogP contribution is 2.30. The predicted molar refractivity (Wildman–Crippen MR) is 138 cm³/mol. The Kier molecular flexibility index (Phi) is 8.22. The third-order valence-electron chi connectivity index (χ3n) is 5.37. The molecule has 0 unspecified atom stereocenters. The Morgan fingerprint density at radius 3 is 2.26 bits per heavy atom. The number of thiol groups is 1. The molecule has 8 nitrogen and oxygen atoms in total. The van der Waals surface area contributed by atoms with Gasteiger partial charge in [0.25, 0.3) is 5.91 Å². The first-order chi connectivity index (χ1) is 16.4. The molecular formula is C26H33N3O5S. The van der Waals surface area contributed by atoms with Crippen LogP contribution in [0.15, 0.2) is 48.7 Å². The van der Waals surface area contributed by atoms with Gasteiger partial charge in [-0.15, -0.1) is 0 Å². The summed E-state index contributed by atoms with van der Waals surface area (Å²) in [4.78, 5) is 24.4. The van der Waals surface area contributed by atoms with Gasteiger partial charge in [-0.05, 0) is 63.8 Å². The van der Waals surface area contributed by atoms with Crippen molar-refractivity contribution >= 4 is 33.6 Å². The molecule has 0 aliphatic carbocycles. The molecule has 0 saturated heterocycles. The zero-order chi connectivity index (χ0) is 25.8. The highest BCUT2D eigenvalue weighted by atomic mass is 32.2. The smallest absolute Gasteiger partial charge is 0.407 e. The number of amides is 2. The van der Waals surface area contributed by atoms with Gasteiger partial charge in [-0.3, -0.25) is 4.79 Å². The lowest BCUT2D eigenvalue weighted by atomic mass is 10.0. The van der Waals surface area contributed by atoms with Crippen molar-refractivity contribution in [2.24, 2.45) is 0 Å². The fraction of sp³-hybridized carbons (Fsp3) is 0.385. The monoisotopic (exact) mass is 499 g/mol. The average molecular weight is 500 g/mol. The van der Waals surface area contributed by atoms with E-state index in [9.17, 15) is 18.0 Å². The van der Waals surface area contributed by atoms with E-state index >= 15 is 0 Å². The minimum Gasteiger partial charge on any atom is -0.444 e. The van der Waals surface area contributed by atoms with Crippen LogP contribution in [0.4, 0.5) is 4.79 Å². The van der Waals surface area contributed by atoms with Crippen LogP contribution in [-0.2, 0) is 21.9 Å². The number of carbonyl (C=O) groups is 2. The number of benzene rings is 2. The minimum absolute atomic E-state index is 0.116. The summed E-state index contributed by atoms with van der Waals surface area (Å²) < 4.78 is 29.0. The van der Waals surface area contributed by atoms with Crippen LogP contribution in [0.3, 0.4) is 0 Å². The number of hydrogen-bond acceptors (Lipinski definition) is 5. The van der Waals surface area contributed by atoms with Crippen molar-refractivity contribution in [3.8, 4) is 11.1 Å². The van der Waals surface area contributed by atoms with Crippen LogP contribution < -0.4 is 10.6 Å². The fourth-order valence-electron chi connectivity index (χ4n) is 3.76. The van der Waals surface area contributed by atoms with Gasteiger partial charge >= 0.3 is 6.09 Å². The first kappa shape index (κ1) is 26.3. The Bertz CT molecular complexity index is 1280. The molecule has 35 heavy (non-hydrogen) atoms. The Hall–Kier alpha value is -3.33. The summed E-state index contributed by atoms with van der Waals surface area (Å²) in [5.74, 6) is -0.800. The van der Waals surface area contributed by atoms with Crippen LogP contribution in [0.5, 0.6) is 0 Å². The van der Waals surface area contributed by atoms with Gasteiger partial charge in [0.15, 0.2) is 10.7 Å². The molecular weight excluding hydrogens is 466 g/mol. The molecule has 0 fully saturated rings. The first-order valence-electron chi connectivity index (χ1n) is 11.6. The summed E-state index contributed by atoms with van der Waals surface area (Å²) in [7, 11) is -2.69. The van der Waals surface area contributed by atoms with Crippen molar-refractivity contribution in [3.05, 3.63) is 59.8 Å². The number of nitrogens with one attached hydrogen (secondary N) is 2. The molecule has 2 aromatic carbocycles. The lowest BCUT2D eigenvalue weighted by Crippen LogP contribution is -2.33. The van der Waals surface area contributed by atoms with Crippen molar-refractivity contribution in [3.63, 3.8) is 0 Å². The number of hydrogen-bond donors (Lipinski definition) is 3. The number of ether oxygens (including phenoxy) is 1. The molecule has 2 N–H and O–H groups in total. The number of rotatable bonds is 8. The molecule has 0 aliphatic heterocycles. The second-order valence-corrected chi connectivity index (χ2v) is 10.6. The van der Waals surface area contributed by atoms with Gasteiger partial charge in [-0.25, -0.2) is 13.2 Å². The SMILES string of the molecule is CC(C)n1cc(C(=O)NC[SH](=O)=O)c2ccc(-c3ccc(CCNC(=O)OC(C)(C)C)cc3)cc21. The van der Waals surface area contributed by atoms with Crippen molar-refractivity contribution in [2.75, 3.05) is 12.4 Å². The Morgan fingerprint density at radius 1 is 1.00 bits per heavy atom. The molecule has 9 heteroatoms. The third-order valence-corrected chi connectivity index (χ3v) is 5.79.